The Morgan fingerprint density at radius 3 is 2.25 bits per heavy atom. The van der Waals surface area contributed by atoms with Crippen molar-refractivity contribution in [1.29, 1.82) is 0 Å². The molecule has 0 N–H and O–H groups in total. The molecule has 0 aliphatic carbocycles. The SMILES string of the molecule is COc1ccc(C(=O)c2cc(F)c(Br)cc2F)c(F)c1. The van der Waals surface area contributed by atoms with Crippen molar-refractivity contribution >= 4 is 21.7 Å². The van der Waals surface area contributed by atoms with Gasteiger partial charge in [0, 0.05) is 6.07 Å². The zero-order valence-electron chi connectivity index (χ0n) is 10.2. The highest BCUT2D eigenvalue weighted by Gasteiger charge is 2.20. The molecule has 0 fully saturated rings. The summed E-state index contributed by atoms with van der Waals surface area (Å²) < 4.78 is 45.5. The van der Waals surface area contributed by atoms with Crippen LogP contribution >= 0.6 is 15.9 Å². The van der Waals surface area contributed by atoms with E-state index in [1.807, 2.05) is 0 Å². The van der Waals surface area contributed by atoms with Gasteiger partial charge in [0.2, 0.25) is 0 Å². The van der Waals surface area contributed by atoms with Gasteiger partial charge >= 0.3 is 0 Å². The molecule has 0 radical (unpaired) electrons. The fraction of sp³-hybridized carbons (Fsp3) is 0.0714. The molecular formula is C14H8BrF3O2. The van der Waals surface area contributed by atoms with Crippen LogP contribution < -0.4 is 4.74 Å². The summed E-state index contributed by atoms with van der Waals surface area (Å²) in [5.41, 5.74) is -0.888. The zero-order valence-corrected chi connectivity index (χ0v) is 11.8. The Labute approximate surface area is 121 Å². The van der Waals surface area contributed by atoms with Crippen LogP contribution in [0.15, 0.2) is 34.8 Å². The fourth-order valence-corrected chi connectivity index (χ4v) is 1.96. The van der Waals surface area contributed by atoms with Crippen molar-refractivity contribution in [2.75, 3.05) is 7.11 Å². The highest BCUT2D eigenvalue weighted by molar-refractivity contribution is 9.10. The Hall–Kier alpha value is -1.82. The monoisotopic (exact) mass is 344 g/mol. The van der Waals surface area contributed by atoms with Gasteiger partial charge in [0.15, 0.2) is 5.78 Å². The first-order valence-electron chi connectivity index (χ1n) is 5.47. The van der Waals surface area contributed by atoms with Crippen LogP contribution in [0, 0.1) is 17.5 Å². The molecule has 0 saturated heterocycles. The van der Waals surface area contributed by atoms with E-state index in [4.69, 9.17) is 4.74 Å². The number of methoxy groups -OCH3 is 1. The Morgan fingerprint density at radius 1 is 1.00 bits per heavy atom. The lowest BCUT2D eigenvalue weighted by Crippen LogP contribution is -2.08. The highest BCUT2D eigenvalue weighted by Crippen LogP contribution is 2.24. The molecule has 20 heavy (non-hydrogen) atoms. The van der Waals surface area contributed by atoms with Crippen LogP contribution in [0.3, 0.4) is 0 Å². The van der Waals surface area contributed by atoms with Gasteiger partial charge in [0.05, 0.1) is 22.7 Å². The number of benzene rings is 2. The van der Waals surface area contributed by atoms with E-state index in [1.165, 1.54) is 13.2 Å². The lowest BCUT2D eigenvalue weighted by Gasteiger charge is -2.07. The molecule has 0 aromatic heterocycles. The van der Waals surface area contributed by atoms with Crippen LogP contribution in [-0.4, -0.2) is 12.9 Å². The van der Waals surface area contributed by atoms with E-state index in [1.54, 1.807) is 0 Å². The normalized spacial score (nSPS) is 10.4. The second kappa shape index (κ2) is 5.66. The topological polar surface area (TPSA) is 26.3 Å². The van der Waals surface area contributed by atoms with E-state index >= 15 is 0 Å². The van der Waals surface area contributed by atoms with E-state index in [9.17, 15) is 18.0 Å². The summed E-state index contributed by atoms with van der Waals surface area (Å²) >= 11 is 2.80. The van der Waals surface area contributed by atoms with E-state index < -0.39 is 28.8 Å². The number of ether oxygens (including phenoxy) is 1. The number of ketones is 1. The minimum absolute atomic E-state index is 0.109. The Bertz CT molecular complexity index is 686. The molecule has 0 bridgehead atoms. The lowest BCUT2D eigenvalue weighted by molar-refractivity contribution is 0.103. The van der Waals surface area contributed by atoms with Gasteiger partial charge < -0.3 is 4.74 Å². The predicted molar refractivity (Wildman–Crippen MR) is 70.4 cm³/mol. The number of halogens is 4. The number of hydrogen-bond donors (Lipinski definition) is 0. The Kier molecular flexibility index (Phi) is 4.13. The number of rotatable bonds is 3. The van der Waals surface area contributed by atoms with Crippen molar-refractivity contribution in [3.8, 4) is 5.75 Å². The maximum absolute atomic E-state index is 13.8. The van der Waals surface area contributed by atoms with E-state index in [2.05, 4.69) is 15.9 Å². The summed E-state index contributed by atoms with van der Waals surface area (Å²) in [5, 5.41) is 0. The van der Waals surface area contributed by atoms with Crippen molar-refractivity contribution in [2.24, 2.45) is 0 Å². The summed E-state index contributed by atoms with van der Waals surface area (Å²) in [6.45, 7) is 0. The molecule has 0 aliphatic rings. The average Bonchev–Trinajstić information content (AvgIpc) is 2.42. The molecule has 0 unspecified atom stereocenters. The molecule has 2 aromatic rings. The molecule has 0 atom stereocenters. The van der Waals surface area contributed by atoms with Gasteiger partial charge in [-0.05, 0) is 40.2 Å². The third kappa shape index (κ3) is 2.70. The Balaban J connectivity index is 2.49. The molecule has 0 heterocycles. The molecule has 0 saturated carbocycles. The molecular weight excluding hydrogens is 337 g/mol. The van der Waals surface area contributed by atoms with Gasteiger partial charge in [-0.15, -0.1) is 0 Å². The van der Waals surface area contributed by atoms with E-state index in [0.29, 0.717) is 0 Å². The smallest absolute Gasteiger partial charge is 0.199 e. The molecule has 104 valence electrons. The van der Waals surface area contributed by atoms with Crippen LogP contribution in [-0.2, 0) is 0 Å². The molecule has 0 amide bonds. The van der Waals surface area contributed by atoms with Gasteiger partial charge in [-0.1, -0.05) is 0 Å². The number of hydrogen-bond acceptors (Lipinski definition) is 2. The van der Waals surface area contributed by atoms with Gasteiger partial charge in [0.25, 0.3) is 0 Å². The molecule has 0 spiro atoms. The van der Waals surface area contributed by atoms with Crippen LogP contribution in [0.25, 0.3) is 0 Å². The van der Waals surface area contributed by atoms with Gasteiger partial charge in [0.1, 0.15) is 23.2 Å². The highest BCUT2D eigenvalue weighted by atomic mass is 79.9. The second-order valence-corrected chi connectivity index (χ2v) is 4.78. The van der Waals surface area contributed by atoms with Crippen LogP contribution in [0.4, 0.5) is 13.2 Å². The van der Waals surface area contributed by atoms with Gasteiger partial charge in [-0.2, -0.15) is 0 Å². The quantitative estimate of drug-likeness (QED) is 0.618. The van der Waals surface area contributed by atoms with Gasteiger partial charge in [-0.3, -0.25) is 4.79 Å². The van der Waals surface area contributed by atoms with Crippen LogP contribution in [0.1, 0.15) is 15.9 Å². The van der Waals surface area contributed by atoms with E-state index in [-0.39, 0.29) is 15.8 Å². The van der Waals surface area contributed by atoms with Crippen molar-refractivity contribution in [3.63, 3.8) is 0 Å². The standard InChI is InChI=1S/C14H8BrF3O2/c1-20-7-2-3-8(11(16)4-7)14(19)9-5-13(18)10(15)6-12(9)17/h2-6H,1H3. The summed E-state index contributed by atoms with van der Waals surface area (Å²) in [5.74, 6) is -3.31. The summed E-state index contributed by atoms with van der Waals surface area (Å²) in [7, 11) is 1.35. The first-order valence-corrected chi connectivity index (χ1v) is 6.26. The maximum Gasteiger partial charge on any atom is 0.199 e. The van der Waals surface area contributed by atoms with Crippen molar-refractivity contribution in [2.45, 2.75) is 0 Å². The maximum atomic E-state index is 13.8. The predicted octanol–water partition coefficient (Wildman–Crippen LogP) is 4.11. The summed E-state index contributed by atoms with van der Waals surface area (Å²) in [4.78, 5) is 12.0. The van der Waals surface area contributed by atoms with Crippen molar-refractivity contribution < 1.29 is 22.7 Å². The minimum Gasteiger partial charge on any atom is -0.497 e. The molecule has 2 rings (SSSR count). The first kappa shape index (κ1) is 14.6. The fourth-order valence-electron chi connectivity index (χ4n) is 1.65. The lowest BCUT2D eigenvalue weighted by atomic mass is 10.0. The third-order valence-corrected chi connectivity index (χ3v) is 3.28. The zero-order chi connectivity index (χ0) is 14.9. The Morgan fingerprint density at radius 2 is 1.65 bits per heavy atom. The largest absolute Gasteiger partial charge is 0.497 e. The average molecular weight is 345 g/mol. The molecule has 2 aromatic carbocycles. The van der Waals surface area contributed by atoms with E-state index in [0.717, 1.165) is 24.3 Å². The van der Waals surface area contributed by atoms with Crippen molar-refractivity contribution in [3.05, 3.63) is 63.4 Å². The van der Waals surface area contributed by atoms with Crippen LogP contribution in [0.2, 0.25) is 0 Å². The van der Waals surface area contributed by atoms with Crippen molar-refractivity contribution in [1.82, 2.24) is 0 Å². The summed E-state index contributed by atoms with van der Waals surface area (Å²) in [6, 6.07) is 5.08. The van der Waals surface area contributed by atoms with Gasteiger partial charge in [-0.25, -0.2) is 13.2 Å². The first-order chi connectivity index (χ1) is 9.43. The molecule has 0 aliphatic heterocycles. The summed E-state index contributed by atoms with van der Waals surface area (Å²) in [6.07, 6.45) is 0. The number of carbonyl (C=O) groups excluding carboxylic acids is 1. The third-order valence-electron chi connectivity index (χ3n) is 2.68. The molecule has 6 heteroatoms. The molecule has 2 nitrogen and oxygen atoms in total. The second-order valence-electron chi connectivity index (χ2n) is 3.92. The van der Waals surface area contributed by atoms with Crippen LogP contribution in [0.5, 0.6) is 5.75 Å². The number of carbonyl (C=O) groups is 1. The minimum atomic E-state index is -0.936.